The molecule has 0 bridgehead atoms. The molecule has 1 amide bonds. The molecule has 3 N–H and O–H groups in total. The number of carboxylic acids is 1. The van der Waals surface area contributed by atoms with Crippen molar-refractivity contribution in [3.63, 3.8) is 0 Å². The minimum absolute atomic E-state index is 0.0508. The molecule has 1 aromatic heterocycles. The smallest absolute Gasteiger partial charge is 0.407 e. The highest BCUT2D eigenvalue weighted by atomic mass is 16.5. The predicted octanol–water partition coefficient (Wildman–Crippen LogP) is 3.11. The lowest BCUT2D eigenvalue weighted by atomic mass is 9.98. The first kappa shape index (κ1) is 19.6. The van der Waals surface area contributed by atoms with E-state index in [1.807, 2.05) is 48.5 Å². The van der Waals surface area contributed by atoms with E-state index in [0.717, 1.165) is 22.3 Å². The summed E-state index contributed by atoms with van der Waals surface area (Å²) in [6, 6.07) is 17.4. The van der Waals surface area contributed by atoms with Gasteiger partial charge >= 0.3 is 12.1 Å². The van der Waals surface area contributed by atoms with Crippen LogP contribution in [0.15, 0.2) is 73.1 Å². The molecule has 1 aliphatic carbocycles. The second-order valence-electron chi connectivity index (χ2n) is 7.02. The number of pyridine rings is 1. The normalized spacial score (nSPS) is 14.3. The summed E-state index contributed by atoms with van der Waals surface area (Å²) in [5, 5.41) is 22.0. The molecule has 3 aromatic rings. The molecule has 2 atom stereocenters. The molecule has 2 aromatic carbocycles. The van der Waals surface area contributed by atoms with Crippen molar-refractivity contribution in [1.29, 1.82) is 0 Å². The second-order valence-corrected chi connectivity index (χ2v) is 7.02. The Labute approximate surface area is 173 Å². The molecule has 0 spiro atoms. The van der Waals surface area contributed by atoms with Crippen LogP contribution >= 0.6 is 0 Å². The molecule has 0 fully saturated rings. The number of fused-ring (bicyclic) bond motifs is 3. The summed E-state index contributed by atoms with van der Waals surface area (Å²) < 4.78 is 5.37. The van der Waals surface area contributed by atoms with Crippen LogP contribution in [0.5, 0.6) is 0 Å². The van der Waals surface area contributed by atoms with Crippen LogP contribution in [0.1, 0.15) is 28.7 Å². The number of benzene rings is 2. The highest BCUT2D eigenvalue weighted by Crippen LogP contribution is 2.44. The number of rotatable bonds is 6. The average molecular weight is 404 g/mol. The van der Waals surface area contributed by atoms with E-state index in [-0.39, 0.29) is 18.1 Å². The lowest BCUT2D eigenvalue weighted by Gasteiger charge is -2.21. The number of hydrogen-bond acceptors (Lipinski definition) is 5. The van der Waals surface area contributed by atoms with E-state index in [1.54, 1.807) is 6.07 Å². The van der Waals surface area contributed by atoms with Crippen LogP contribution in [0.2, 0.25) is 0 Å². The third-order valence-electron chi connectivity index (χ3n) is 5.22. The fourth-order valence-corrected chi connectivity index (χ4v) is 3.79. The number of amides is 1. The van der Waals surface area contributed by atoms with E-state index in [9.17, 15) is 19.8 Å². The Kier molecular flexibility index (Phi) is 5.45. The first-order valence-electron chi connectivity index (χ1n) is 9.48. The summed E-state index contributed by atoms with van der Waals surface area (Å²) in [7, 11) is 0. The molecule has 4 rings (SSSR count). The minimum atomic E-state index is -1.56. The Morgan fingerprint density at radius 3 is 2.20 bits per heavy atom. The number of aliphatic hydroxyl groups is 1. The number of carbonyl (C=O) groups excluding carboxylic acids is 1. The highest BCUT2D eigenvalue weighted by Gasteiger charge is 2.32. The summed E-state index contributed by atoms with van der Waals surface area (Å²) in [5.74, 6) is -1.52. The van der Waals surface area contributed by atoms with Gasteiger partial charge in [-0.15, -0.1) is 0 Å². The van der Waals surface area contributed by atoms with Crippen molar-refractivity contribution in [3.05, 3.63) is 89.7 Å². The third kappa shape index (κ3) is 3.75. The van der Waals surface area contributed by atoms with Gasteiger partial charge in [-0.1, -0.05) is 54.6 Å². The fourth-order valence-electron chi connectivity index (χ4n) is 3.79. The highest BCUT2D eigenvalue weighted by molar-refractivity contribution is 5.81. The number of alkyl carbamates (subject to hydrolysis) is 1. The molecule has 30 heavy (non-hydrogen) atoms. The lowest BCUT2D eigenvalue weighted by Crippen LogP contribution is -2.45. The number of nitrogens with one attached hydrogen (secondary N) is 1. The van der Waals surface area contributed by atoms with Gasteiger partial charge < -0.3 is 20.3 Å². The van der Waals surface area contributed by atoms with Crippen molar-refractivity contribution in [2.45, 2.75) is 18.1 Å². The summed E-state index contributed by atoms with van der Waals surface area (Å²) in [5.41, 5.74) is 4.58. The fraction of sp³-hybridized carbons (Fsp3) is 0.174. The first-order valence-corrected chi connectivity index (χ1v) is 9.48. The van der Waals surface area contributed by atoms with Crippen LogP contribution in [0.3, 0.4) is 0 Å². The van der Waals surface area contributed by atoms with Crippen LogP contribution in [0, 0.1) is 0 Å². The van der Waals surface area contributed by atoms with Crippen molar-refractivity contribution in [2.24, 2.45) is 0 Å². The Morgan fingerprint density at radius 2 is 1.63 bits per heavy atom. The number of carboxylic acid groups (broad SMARTS) is 1. The van der Waals surface area contributed by atoms with E-state index >= 15 is 0 Å². The van der Waals surface area contributed by atoms with Crippen LogP contribution < -0.4 is 5.32 Å². The molecule has 2 unspecified atom stereocenters. The standard InChI is InChI=1S/C23H20N2O5/c26-21(14-6-5-11-24-12-14)20(22(27)28)25-23(29)30-13-19-17-9-3-1-7-15(17)16-8-2-4-10-18(16)19/h1-12,19-21,26H,13H2,(H,25,29)(H,27,28). The maximum atomic E-state index is 12.4. The second kappa shape index (κ2) is 8.34. The van der Waals surface area contributed by atoms with Gasteiger partial charge in [0.2, 0.25) is 0 Å². The van der Waals surface area contributed by atoms with E-state index < -0.39 is 24.2 Å². The van der Waals surface area contributed by atoms with Crippen LogP contribution in [-0.2, 0) is 9.53 Å². The molecule has 0 radical (unpaired) electrons. The SMILES string of the molecule is O=C(NC(C(=O)O)C(O)c1cccnc1)OCC1c2ccccc2-c2ccccc21. The van der Waals surface area contributed by atoms with Gasteiger partial charge in [0.05, 0.1) is 0 Å². The van der Waals surface area contributed by atoms with E-state index in [4.69, 9.17) is 4.74 Å². The van der Waals surface area contributed by atoms with Crippen molar-refractivity contribution in [1.82, 2.24) is 10.3 Å². The number of nitrogens with zero attached hydrogens (tertiary/aromatic N) is 1. The van der Waals surface area contributed by atoms with Gasteiger partial charge in [-0.2, -0.15) is 0 Å². The topological polar surface area (TPSA) is 109 Å². The zero-order valence-corrected chi connectivity index (χ0v) is 15.9. The van der Waals surface area contributed by atoms with Crippen LogP contribution in [-0.4, -0.2) is 39.9 Å². The molecule has 0 saturated heterocycles. The monoisotopic (exact) mass is 404 g/mol. The molecule has 0 saturated carbocycles. The predicted molar refractivity (Wildman–Crippen MR) is 109 cm³/mol. The van der Waals surface area contributed by atoms with Gasteiger partial charge in [-0.25, -0.2) is 9.59 Å². The van der Waals surface area contributed by atoms with E-state index in [1.165, 1.54) is 18.5 Å². The Hall–Kier alpha value is -3.71. The molecule has 1 aliphatic rings. The van der Waals surface area contributed by atoms with Crippen molar-refractivity contribution in [3.8, 4) is 11.1 Å². The molecule has 0 aliphatic heterocycles. The largest absolute Gasteiger partial charge is 0.480 e. The number of aromatic nitrogens is 1. The summed E-state index contributed by atoms with van der Waals surface area (Å²) in [4.78, 5) is 27.8. The maximum absolute atomic E-state index is 12.4. The first-order chi connectivity index (χ1) is 14.6. The minimum Gasteiger partial charge on any atom is -0.480 e. The Balaban J connectivity index is 1.46. The third-order valence-corrected chi connectivity index (χ3v) is 5.22. The zero-order valence-electron chi connectivity index (χ0n) is 15.9. The van der Waals surface area contributed by atoms with Crippen LogP contribution in [0.25, 0.3) is 11.1 Å². The van der Waals surface area contributed by atoms with Crippen molar-refractivity contribution in [2.75, 3.05) is 6.61 Å². The lowest BCUT2D eigenvalue weighted by molar-refractivity contribution is -0.142. The van der Waals surface area contributed by atoms with Gasteiger partial charge in [0.25, 0.3) is 0 Å². The summed E-state index contributed by atoms with van der Waals surface area (Å²) >= 11 is 0. The van der Waals surface area contributed by atoms with E-state index in [0.29, 0.717) is 0 Å². The van der Waals surface area contributed by atoms with Gasteiger partial charge in [0.1, 0.15) is 12.7 Å². The quantitative estimate of drug-likeness (QED) is 0.583. The van der Waals surface area contributed by atoms with Crippen molar-refractivity contribution < 1.29 is 24.5 Å². The molecule has 1 heterocycles. The average Bonchev–Trinajstić information content (AvgIpc) is 3.10. The maximum Gasteiger partial charge on any atom is 0.407 e. The number of ether oxygens (including phenoxy) is 1. The van der Waals surface area contributed by atoms with Crippen LogP contribution in [0.4, 0.5) is 4.79 Å². The number of carbonyl (C=O) groups is 2. The Bertz CT molecular complexity index is 1020. The summed E-state index contributed by atoms with van der Waals surface area (Å²) in [6.07, 6.45) is 0.481. The molecule has 152 valence electrons. The zero-order chi connectivity index (χ0) is 21.1. The number of aliphatic carboxylic acids is 1. The summed E-state index contributed by atoms with van der Waals surface area (Å²) in [6.45, 7) is 0.0508. The Morgan fingerprint density at radius 1 is 1.00 bits per heavy atom. The number of hydrogen-bond donors (Lipinski definition) is 3. The molecular formula is C23H20N2O5. The van der Waals surface area contributed by atoms with Gasteiger partial charge in [0, 0.05) is 23.9 Å². The van der Waals surface area contributed by atoms with E-state index in [2.05, 4.69) is 10.3 Å². The van der Waals surface area contributed by atoms with Gasteiger partial charge in [-0.3, -0.25) is 4.98 Å². The molecule has 7 nitrogen and oxygen atoms in total. The van der Waals surface area contributed by atoms with Gasteiger partial charge in [0.15, 0.2) is 6.04 Å². The number of aliphatic hydroxyl groups excluding tert-OH is 1. The molecular weight excluding hydrogens is 384 g/mol. The van der Waals surface area contributed by atoms with Gasteiger partial charge in [-0.05, 0) is 28.3 Å². The van der Waals surface area contributed by atoms with Crippen molar-refractivity contribution >= 4 is 12.1 Å². The molecule has 7 heteroatoms.